The largest absolute Gasteiger partial charge is 0.351 e. The molecule has 27 heavy (non-hydrogen) atoms. The summed E-state index contributed by atoms with van der Waals surface area (Å²) in [4.78, 5) is 25.3. The lowest BCUT2D eigenvalue weighted by Crippen LogP contribution is -3.15. The predicted molar refractivity (Wildman–Crippen MR) is 104 cm³/mol. The number of benzene rings is 2. The number of halogens is 1. The Balaban J connectivity index is 1.74. The zero-order valence-electron chi connectivity index (χ0n) is 16.0. The molecule has 6 heteroatoms. The van der Waals surface area contributed by atoms with E-state index in [1.165, 1.54) is 12.1 Å². The van der Waals surface area contributed by atoms with E-state index in [9.17, 15) is 14.0 Å². The first kappa shape index (κ1) is 20.6. The molecule has 5 nitrogen and oxygen atoms in total. The summed E-state index contributed by atoms with van der Waals surface area (Å²) in [5, 5.41) is 5.71. The molecule has 0 saturated heterocycles. The molecule has 0 spiro atoms. The molecule has 0 aliphatic heterocycles. The van der Waals surface area contributed by atoms with Crippen LogP contribution < -0.4 is 15.5 Å². The van der Waals surface area contributed by atoms with Crippen LogP contribution >= 0.6 is 0 Å². The molecular formula is C21H27FN3O2+. The minimum absolute atomic E-state index is 0.113. The van der Waals surface area contributed by atoms with Crippen molar-refractivity contribution >= 4 is 17.5 Å². The zero-order chi connectivity index (χ0) is 19.8. The molecule has 3 N–H and O–H groups in total. The summed E-state index contributed by atoms with van der Waals surface area (Å²) in [6.07, 6.45) is 0.631. The van der Waals surface area contributed by atoms with Crippen molar-refractivity contribution in [1.29, 1.82) is 0 Å². The van der Waals surface area contributed by atoms with Gasteiger partial charge in [0.2, 0.25) is 0 Å². The van der Waals surface area contributed by atoms with Gasteiger partial charge in [-0.15, -0.1) is 0 Å². The Morgan fingerprint density at radius 1 is 1.07 bits per heavy atom. The highest BCUT2D eigenvalue weighted by Crippen LogP contribution is 2.07. The van der Waals surface area contributed by atoms with Crippen LogP contribution in [0.15, 0.2) is 48.5 Å². The van der Waals surface area contributed by atoms with Gasteiger partial charge in [0.1, 0.15) is 5.82 Å². The molecule has 0 bridgehead atoms. The van der Waals surface area contributed by atoms with Crippen molar-refractivity contribution in [2.24, 2.45) is 0 Å². The summed E-state index contributed by atoms with van der Waals surface area (Å²) in [5.74, 6) is -0.523. The van der Waals surface area contributed by atoms with Crippen molar-refractivity contribution < 1.29 is 18.9 Å². The highest BCUT2D eigenvalue weighted by atomic mass is 19.1. The molecule has 0 aliphatic rings. The van der Waals surface area contributed by atoms with Crippen LogP contribution in [0.2, 0.25) is 0 Å². The Hall–Kier alpha value is -2.73. The van der Waals surface area contributed by atoms with E-state index < -0.39 is 0 Å². The molecule has 2 aromatic carbocycles. The molecule has 2 atom stereocenters. The van der Waals surface area contributed by atoms with Crippen molar-refractivity contribution in [2.75, 3.05) is 25.5 Å². The monoisotopic (exact) mass is 372 g/mol. The molecule has 144 valence electrons. The van der Waals surface area contributed by atoms with Gasteiger partial charge in [0, 0.05) is 12.2 Å². The Morgan fingerprint density at radius 3 is 2.33 bits per heavy atom. The first-order chi connectivity index (χ1) is 12.8. The lowest BCUT2D eigenvalue weighted by Gasteiger charge is -2.20. The van der Waals surface area contributed by atoms with Crippen LogP contribution in [-0.4, -0.2) is 38.0 Å². The zero-order valence-corrected chi connectivity index (χ0v) is 16.0. The Kier molecular flexibility index (Phi) is 7.49. The first-order valence-electron chi connectivity index (χ1n) is 9.06. The lowest BCUT2D eigenvalue weighted by atomic mass is 10.1. The highest BCUT2D eigenvalue weighted by Gasteiger charge is 2.23. The number of hydrogen-bond acceptors (Lipinski definition) is 2. The van der Waals surface area contributed by atoms with Gasteiger partial charge < -0.3 is 15.5 Å². The van der Waals surface area contributed by atoms with E-state index in [1.807, 2.05) is 38.2 Å². The van der Waals surface area contributed by atoms with E-state index in [1.54, 1.807) is 19.1 Å². The Bertz CT molecular complexity index is 760. The third-order valence-electron chi connectivity index (χ3n) is 4.53. The number of amides is 2. The number of quaternary nitrogens is 1. The standard InChI is InChI=1S/C21H26FN3O2/c1-15-4-10-19(11-5-15)24-20(26)14-25(3)16(2)21(27)23-13-12-17-6-8-18(22)9-7-17/h4-11,16H,12-14H2,1-3H3,(H,23,27)(H,24,26)/p+1/t16-/m1/s1. The topological polar surface area (TPSA) is 62.6 Å². The molecule has 0 radical (unpaired) electrons. The maximum atomic E-state index is 12.9. The van der Waals surface area contributed by atoms with E-state index in [4.69, 9.17) is 0 Å². The number of nitrogens with one attached hydrogen (secondary N) is 3. The molecule has 2 amide bonds. The summed E-state index contributed by atoms with van der Waals surface area (Å²) in [7, 11) is 1.82. The van der Waals surface area contributed by atoms with E-state index in [2.05, 4.69) is 10.6 Å². The smallest absolute Gasteiger partial charge is 0.279 e. The average molecular weight is 372 g/mol. The van der Waals surface area contributed by atoms with Crippen LogP contribution in [-0.2, 0) is 16.0 Å². The van der Waals surface area contributed by atoms with Crippen molar-refractivity contribution in [2.45, 2.75) is 26.3 Å². The number of likely N-dealkylation sites (N-methyl/N-ethyl adjacent to an activating group) is 1. The average Bonchev–Trinajstić information content (AvgIpc) is 2.64. The van der Waals surface area contributed by atoms with Crippen LogP contribution in [0.1, 0.15) is 18.1 Å². The van der Waals surface area contributed by atoms with Gasteiger partial charge in [0.25, 0.3) is 11.8 Å². The van der Waals surface area contributed by atoms with E-state index >= 15 is 0 Å². The van der Waals surface area contributed by atoms with Gasteiger partial charge in [-0.3, -0.25) is 9.59 Å². The van der Waals surface area contributed by atoms with Crippen LogP contribution in [0, 0.1) is 12.7 Å². The fraction of sp³-hybridized carbons (Fsp3) is 0.333. The van der Waals surface area contributed by atoms with Gasteiger partial charge in [-0.25, -0.2) is 4.39 Å². The van der Waals surface area contributed by atoms with Gasteiger partial charge in [-0.05, 0) is 50.1 Å². The van der Waals surface area contributed by atoms with Gasteiger partial charge in [0.05, 0.1) is 7.05 Å². The molecule has 0 aliphatic carbocycles. The highest BCUT2D eigenvalue weighted by molar-refractivity contribution is 5.91. The third-order valence-corrected chi connectivity index (χ3v) is 4.53. The van der Waals surface area contributed by atoms with Crippen molar-refractivity contribution in [1.82, 2.24) is 5.32 Å². The number of hydrogen-bond donors (Lipinski definition) is 3. The number of aryl methyl sites for hydroxylation is 1. The predicted octanol–water partition coefficient (Wildman–Crippen LogP) is 1.33. The summed E-state index contributed by atoms with van der Waals surface area (Å²) in [6.45, 7) is 4.44. The number of anilines is 1. The van der Waals surface area contributed by atoms with E-state index in [-0.39, 0.29) is 30.2 Å². The number of carbonyl (C=O) groups excluding carboxylic acids is 2. The molecule has 0 fully saturated rings. The maximum Gasteiger partial charge on any atom is 0.279 e. The minimum Gasteiger partial charge on any atom is -0.351 e. The second kappa shape index (κ2) is 9.83. The fourth-order valence-corrected chi connectivity index (χ4v) is 2.61. The molecular weight excluding hydrogens is 345 g/mol. The SMILES string of the molecule is Cc1ccc(NC(=O)C[NH+](C)[C@H](C)C(=O)NCCc2ccc(F)cc2)cc1. The Labute approximate surface area is 159 Å². The second-order valence-corrected chi connectivity index (χ2v) is 6.83. The van der Waals surface area contributed by atoms with Crippen molar-refractivity contribution in [3.05, 3.63) is 65.5 Å². The van der Waals surface area contributed by atoms with Crippen molar-refractivity contribution in [3.8, 4) is 0 Å². The quantitative estimate of drug-likeness (QED) is 0.655. The molecule has 2 rings (SSSR count). The molecule has 0 heterocycles. The number of rotatable bonds is 8. The fourth-order valence-electron chi connectivity index (χ4n) is 2.61. The summed E-state index contributed by atoms with van der Waals surface area (Å²) >= 11 is 0. The molecule has 2 aromatic rings. The van der Waals surface area contributed by atoms with Crippen LogP contribution in [0.4, 0.5) is 10.1 Å². The molecule has 0 aromatic heterocycles. The third kappa shape index (κ3) is 6.83. The summed E-state index contributed by atoms with van der Waals surface area (Å²) in [5.41, 5.74) is 2.83. The van der Waals surface area contributed by atoms with E-state index in [0.717, 1.165) is 21.7 Å². The van der Waals surface area contributed by atoms with Crippen LogP contribution in [0.3, 0.4) is 0 Å². The maximum absolute atomic E-state index is 12.9. The van der Waals surface area contributed by atoms with Crippen LogP contribution in [0.25, 0.3) is 0 Å². The lowest BCUT2D eigenvalue weighted by molar-refractivity contribution is -0.885. The second-order valence-electron chi connectivity index (χ2n) is 6.83. The van der Waals surface area contributed by atoms with Crippen molar-refractivity contribution in [3.63, 3.8) is 0 Å². The normalized spacial score (nSPS) is 12.9. The molecule has 0 saturated carbocycles. The molecule has 1 unspecified atom stereocenters. The van der Waals surface area contributed by atoms with Gasteiger partial charge in [-0.2, -0.15) is 0 Å². The first-order valence-corrected chi connectivity index (χ1v) is 9.06. The van der Waals surface area contributed by atoms with E-state index in [0.29, 0.717) is 13.0 Å². The summed E-state index contributed by atoms with van der Waals surface area (Å²) < 4.78 is 12.9. The summed E-state index contributed by atoms with van der Waals surface area (Å²) in [6, 6.07) is 13.4. The van der Waals surface area contributed by atoms with Gasteiger partial charge in [-0.1, -0.05) is 29.8 Å². The van der Waals surface area contributed by atoms with Crippen LogP contribution in [0.5, 0.6) is 0 Å². The minimum atomic E-state index is -0.359. The Morgan fingerprint density at radius 2 is 1.70 bits per heavy atom. The van der Waals surface area contributed by atoms with Gasteiger partial charge in [0.15, 0.2) is 12.6 Å². The number of carbonyl (C=O) groups is 2. The van der Waals surface area contributed by atoms with Gasteiger partial charge >= 0.3 is 0 Å².